The quantitative estimate of drug-likeness (QED) is 0.850. The molecular weight excluding hydrogens is 252 g/mol. The van der Waals surface area contributed by atoms with Gasteiger partial charge in [-0.05, 0) is 17.5 Å². The van der Waals surface area contributed by atoms with Gasteiger partial charge in [-0.15, -0.1) is 0 Å². The van der Waals surface area contributed by atoms with E-state index in [-0.39, 0.29) is 11.9 Å². The normalized spacial score (nSPS) is 12.8. The average molecular weight is 274 g/mol. The van der Waals surface area contributed by atoms with Gasteiger partial charge < -0.3 is 15.0 Å². The molecule has 1 unspecified atom stereocenters. The van der Waals surface area contributed by atoms with Gasteiger partial charge in [0, 0.05) is 24.2 Å². The molecule has 1 aromatic carbocycles. The summed E-state index contributed by atoms with van der Waals surface area (Å²) in [5, 5.41) is 4.15. The topological polar surface area (TPSA) is 54.1 Å². The van der Waals surface area contributed by atoms with Crippen molar-refractivity contribution in [2.45, 2.75) is 26.3 Å². The molecule has 0 saturated heterocycles. The second-order valence-corrected chi connectivity index (χ2v) is 5.41. The maximum absolute atomic E-state index is 12.2. The number of hydrogen-bond acceptors (Lipinski definition) is 2. The second kappa shape index (κ2) is 6.57. The van der Waals surface area contributed by atoms with E-state index in [0.29, 0.717) is 18.9 Å². The second-order valence-electron chi connectivity index (χ2n) is 5.41. The first-order valence-electron chi connectivity index (χ1n) is 6.95. The van der Waals surface area contributed by atoms with E-state index in [0.717, 1.165) is 16.5 Å². The Kier molecular flexibility index (Phi) is 4.79. The molecule has 1 amide bonds. The number of aromatic amines is 1. The lowest BCUT2D eigenvalue weighted by atomic mass is 10.0. The van der Waals surface area contributed by atoms with Gasteiger partial charge >= 0.3 is 0 Å². The first kappa shape index (κ1) is 14.6. The van der Waals surface area contributed by atoms with Crippen LogP contribution in [0, 0.1) is 5.92 Å². The molecule has 0 radical (unpaired) electrons. The van der Waals surface area contributed by atoms with Crippen LogP contribution in [-0.2, 0) is 16.0 Å². The standard InChI is InChI=1S/C16H22N2O2/c1-11(2)15(10-20-3)18-16(19)8-12-9-17-14-7-5-4-6-13(12)14/h4-7,9,11,15,17H,8,10H2,1-3H3,(H,18,19). The van der Waals surface area contributed by atoms with Crippen molar-refractivity contribution in [2.75, 3.05) is 13.7 Å². The Labute approximate surface area is 119 Å². The minimum absolute atomic E-state index is 0.0329. The van der Waals surface area contributed by atoms with E-state index in [1.165, 1.54) is 0 Å². The van der Waals surface area contributed by atoms with Crippen LogP contribution in [0.2, 0.25) is 0 Å². The summed E-state index contributed by atoms with van der Waals surface area (Å²) in [5.41, 5.74) is 2.09. The highest BCUT2D eigenvalue weighted by atomic mass is 16.5. The van der Waals surface area contributed by atoms with Crippen LogP contribution in [0.25, 0.3) is 10.9 Å². The number of carbonyl (C=O) groups excluding carboxylic acids is 1. The zero-order chi connectivity index (χ0) is 14.5. The molecule has 1 aromatic heterocycles. The molecule has 4 nitrogen and oxygen atoms in total. The summed E-state index contributed by atoms with van der Waals surface area (Å²) < 4.78 is 5.15. The molecule has 1 heterocycles. The zero-order valence-electron chi connectivity index (χ0n) is 12.3. The van der Waals surface area contributed by atoms with E-state index < -0.39 is 0 Å². The lowest BCUT2D eigenvalue weighted by molar-refractivity contribution is -0.121. The van der Waals surface area contributed by atoms with Crippen molar-refractivity contribution < 1.29 is 9.53 Å². The molecule has 0 aliphatic heterocycles. The summed E-state index contributed by atoms with van der Waals surface area (Å²) in [6.07, 6.45) is 2.29. The highest BCUT2D eigenvalue weighted by Gasteiger charge is 2.17. The third-order valence-electron chi connectivity index (χ3n) is 3.52. The summed E-state index contributed by atoms with van der Waals surface area (Å²) in [6, 6.07) is 8.06. The minimum Gasteiger partial charge on any atom is -0.383 e. The van der Waals surface area contributed by atoms with Crippen molar-refractivity contribution in [1.82, 2.24) is 10.3 Å². The van der Waals surface area contributed by atoms with E-state index in [4.69, 9.17) is 4.74 Å². The fourth-order valence-electron chi connectivity index (χ4n) is 2.29. The van der Waals surface area contributed by atoms with Gasteiger partial charge in [0.25, 0.3) is 0 Å². The highest BCUT2D eigenvalue weighted by Crippen LogP contribution is 2.18. The van der Waals surface area contributed by atoms with Crippen molar-refractivity contribution in [3.05, 3.63) is 36.0 Å². The number of nitrogens with one attached hydrogen (secondary N) is 2. The molecule has 4 heteroatoms. The monoisotopic (exact) mass is 274 g/mol. The predicted octanol–water partition coefficient (Wildman–Crippen LogP) is 2.50. The van der Waals surface area contributed by atoms with Crippen molar-refractivity contribution in [2.24, 2.45) is 5.92 Å². The number of hydrogen-bond donors (Lipinski definition) is 2. The molecular formula is C16H22N2O2. The fourth-order valence-corrected chi connectivity index (χ4v) is 2.29. The number of amides is 1. The SMILES string of the molecule is COCC(NC(=O)Cc1c[nH]c2ccccc12)C(C)C. The Morgan fingerprint density at radius 2 is 2.10 bits per heavy atom. The third-order valence-corrected chi connectivity index (χ3v) is 3.52. The summed E-state index contributed by atoms with van der Waals surface area (Å²) in [4.78, 5) is 15.4. The van der Waals surface area contributed by atoms with Gasteiger partial charge in [-0.3, -0.25) is 4.79 Å². The van der Waals surface area contributed by atoms with Crippen LogP contribution in [0.1, 0.15) is 19.4 Å². The van der Waals surface area contributed by atoms with Crippen molar-refractivity contribution in [3.63, 3.8) is 0 Å². The van der Waals surface area contributed by atoms with Gasteiger partial charge in [-0.2, -0.15) is 0 Å². The molecule has 2 N–H and O–H groups in total. The molecule has 2 aromatic rings. The summed E-state index contributed by atoms with van der Waals surface area (Å²) in [7, 11) is 1.65. The summed E-state index contributed by atoms with van der Waals surface area (Å²) in [6.45, 7) is 4.70. The van der Waals surface area contributed by atoms with Crippen molar-refractivity contribution in [1.29, 1.82) is 0 Å². The largest absolute Gasteiger partial charge is 0.383 e. The molecule has 1 atom stereocenters. The highest BCUT2D eigenvalue weighted by molar-refractivity contribution is 5.88. The van der Waals surface area contributed by atoms with Crippen LogP contribution < -0.4 is 5.32 Å². The number of carbonyl (C=O) groups is 1. The fraction of sp³-hybridized carbons (Fsp3) is 0.438. The number of methoxy groups -OCH3 is 1. The summed E-state index contributed by atoms with van der Waals surface area (Å²) >= 11 is 0. The molecule has 0 aliphatic carbocycles. The average Bonchev–Trinajstić information content (AvgIpc) is 2.81. The molecule has 108 valence electrons. The number of aromatic nitrogens is 1. The van der Waals surface area contributed by atoms with Gasteiger partial charge in [0.05, 0.1) is 19.1 Å². The van der Waals surface area contributed by atoms with Crippen LogP contribution in [0.4, 0.5) is 0 Å². The Morgan fingerprint density at radius 1 is 1.35 bits per heavy atom. The lowest BCUT2D eigenvalue weighted by Gasteiger charge is -2.21. The Bertz CT molecular complexity index is 575. The van der Waals surface area contributed by atoms with E-state index in [2.05, 4.69) is 24.1 Å². The third kappa shape index (κ3) is 3.39. The van der Waals surface area contributed by atoms with Crippen molar-refractivity contribution in [3.8, 4) is 0 Å². The Morgan fingerprint density at radius 3 is 2.80 bits per heavy atom. The number of para-hydroxylation sites is 1. The van der Waals surface area contributed by atoms with Gasteiger partial charge in [-0.25, -0.2) is 0 Å². The van der Waals surface area contributed by atoms with Gasteiger partial charge in [-0.1, -0.05) is 32.0 Å². The molecule has 0 bridgehead atoms. The van der Waals surface area contributed by atoms with E-state index in [1.54, 1.807) is 7.11 Å². The molecule has 0 spiro atoms. The predicted molar refractivity (Wildman–Crippen MR) is 80.6 cm³/mol. The first-order valence-corrected chi connectivity index (χ1v) is 6.95. The number of ether oxygens (including phenoxy) is 1. The molecule has 0 fully saturated rings. The summed E-state index contributed by atoms with van der Waals surface area (Å²) in [5.74, 6) is 0.382. The lowest BCUT2D eigenvalue weighted by Crippen LogP contribution is -2.42. The van der Waals surface area contributed by atoms with Gasteiger partial charge in [0.15, 0.2) is 0 Å². The van der Waals surface area contributed by atoms with Crippen molar-refractivity contribution >= 4 is 16.8 Å². The van der Waals surface area contributed by atoms with Gasteiger partial charge in [0.2, 0.25) is 5.91 Å². The maximum Gasteiger partial charge on any atom is 0.224 e. The van der Waals surface area contributed by atoms with Crippen LogP contribution >= 0.6 is 0 Å². The molecule has 2 rings (SSSR count). The Hall–Kier alpha value is -1.81. The van der Waals surface area contributed by atoms with E-state index in [9.17, 15) is 4.79 Å². The molecule has 0 saturated carbocycles. The minimum atomic E-state index is 0.0329. The number of fused-ring (bicyclic) bond motifs is 1. The number of rotatable bonds is 6. The zero-order valence-corrected chi connectivity index (χ0v) is 12.3. The van der Waals surface area contributed by atoms with Gasteiger partial charge in [0.1, 0.15) is 0 Å². The van der Waals surface area contributed by atoms with Crippen LogP contribution in [0.3, 0.4) is 0 Å². The van der Waals surface area contributed by atoms with E-state index >= 15 is 0 Å². The first-order chi connectivity index (χ1) is 9.61. The molecule has 0 aliphatic rings. The maximum atomic E-state index is 12.2. The molecule has 20 heavy (non-hydrogen) atoms. The van der Waals surface area contributed by atoms with Crippen LogP contribution in [0.15, 0.2) is 30.5 Å². The van der Waals surface area contributed by atoms with Crippen LogP contribution in [0.5, 0.6) is 0 Å². The smallest absolute Gasteiger partial charge is 0.224 e. The number of H-pyrrole nitrogens is 1. The Balaban J connectivity index is 2.04. The number of benzene rings is 1. The van der Waals surface area contributed by atoms with Crippen LogP contribution in [-0.4, -0.2) is 30.6 Å². The van der Waals surface area contributed by atoms with E-state index in [1.807, 2.05) is 30.5 Å².